The molecule has 0 radical (unpaired) electrons. The monoisotopic (exact) mass is 806 g/mol. The predicted octanol–water partition coefficient (Wildman–Crippen LogP) is 7.83. The zero-order valence-corrected chi connectivity index (χ0v) is 32.1. The smallest absolute Gasteiger partial charge is 0.404 e. The van der Waals surface area contributed by atoms with E-state index in [0.717, 1.165) is 53.0 Å². The topological polar surface area (TPSA) is 150 Å². The fourth-order valence-electron chi connectivity index (χ4n) is 8.64. The van der Waals surface area contributed by atoms with Crippen LogP contribution in [0.15, 0.2) is 57.5 Å². The Bertz CT molecular complexity index is 1460. The molecule has 0 spiro atoms. The van der Waals surface area contributed by atoms with E-state index in [-0.39, 0.29) is 12.0 Å². The van der Waals surface area contributed by atoms with Gasteiger partial charge >= 0.3 is 12.1 Å². The average molecular weight is 809 g/mol. The minimum atomic E-state index is -1.33. The maximum atomic E-state index is 13.5. The first kappa shape index (κ1) is 39.3. The summed E-state index contributed by atoms with van der Waals surface area (Å²) in [6, 6.07) is 15.1. The number of aliphatic hydroxyl groups is 2. The summed E-state index contributed by atoms with van der Waals surface area (Å²) < 4.78 is 6.79. The largest absolute Gasteiger partial charge is 0.480 e. The Labute approximate surface area is 307 Å². The number of rotatable bonds is 7. The molecule has 2 aliphatic carbocycles. The van der Waals surface area contributed by atoms with Crippen molar-refractivity contribution < 1.29 is 34.4 Å². The van der Waals surface area contributed by atoms with Gasteiger partial charge in [0.05, 0.1) is 17.1 Å². The number of carboxylic acid groups (broad SMARTS) is 1. The van der Waals surface area contributed by atoms with Crippen LogP contribution >= 0.6 is 31.9 Å². The van der Waals surface area contributed by atoms with Crippen LogP contribution in [0, 0.1) is 5.41 Å². The van der Waals surface area contributed by atoms with Gasteiger partial charge in [-0.05, 0) is 66.5 Å². The molecule has 0 bridgehead atoms. The number of ether oxygens (including phenoxy) is 1. The molecule has 2 amide bonds. The van der Waals surface area contributed by atoms with Crippen molar-refractivity contribution in [2.45, 2.75) is 126 Å². The van der Waals surface area contributed by atoms with E-state index in [1.165, 1.54) is 0 Å². The van der Waals surface area contributed by atoms with Crippen LogP contribution < -0.4 is 5.73 Å². The zero-order valence-electron chi connectivity index (χ0n) is 28.9. The number of nitrogens with zero attached hydrogens (tertiary/aromatic N) is 1. The van der Waals surface area contributed by atoms with Crippen molar-refractivity contribution >= 4 is 49.8 Å². The molecule has 49 heavy (non-hydrogen) atoms. The number of hydrogen-bond donors (Lipinski definition) is 4. The van der Waals surface area contributed by atoms with Crippen molar-refractivity contribution in [3.05, 3.63) is 68.6 Å². The average Bonchev–Trinajstić information content (AvgIpc) is 3.01. The molecule has 1 aliphatic heterocycles. The third-order valence-electron chi connectivity index (χ3n) is 10.8. The van der Waals surface area contributed by atoms with E-state index in [2.05, 4.69) is 31.9 Å². The van der Waals surface area contributed by atoms with Gasteiger partial charge in [0, 0.05) is 34.9 Å². The highest BCUT2D eigenvalue weighted by Gasteiger charge is 2.63. The molecular weight excluding hydrogens is 756 g/mol. The SMILES string of the molecule is CC(C)(C)C(C(=O)O)(c1cccc(Br)c1)C1(O)CCCCC1.NC(=O)OC1CCN(C(=O)C(c2cccc(Br)c2)C2(O)CCCCC2)CC1. The first-order chi connectivity index (χ1) is 23.0. The highest BCUT2D eigenvalue weighted by Crippen LogP contribution is 2.54. The van der Waals surface area contributed by atoms with E-state index in [0.29, 0.717) is 57.2 Å². The third-order valence-corrected chi connectivity index (χ3v) is 11.8. The van der Waals surface area contributed by atoms with Crippen LogP contribution in [0.1, 0.15) is 115 Å². The molecule has 1 saturated heterocycles. The normalized spacial score (nSPS) is 21.3. The molecule has 2 aromatic rings. The lowest BCUT2D eigenvalue weighted by Gasteiger charge is -2.53. The molecular formula is C38H52Br2N2O7. The lowest BCUT2D eigenvalue weighted by molar-refractivity contribution is -0.174. The fourth-order valence-corrected chi connectivity index (χ4v) is 9.46. The van der Waals surface area contributed by atoms with E-state index in [1.807, 2.05) is 69.3 Å². The molecule has 270 valence electrons. The summed E-state index contributed by atoms with van der Waals surface area (Å²) >= 11 is 6.92. The Morgan fingerprint density at radius 2 is 1.39 bits per heavy atom. The Balaban J connectivity index is 0.000000226. The molecule has 5 N–H and O–H groups in total. The van der Waals surface area contributed by atoms with Gasteiger partial charge in [-0.25, -0.2) is 4.79 Å². The molecule has 2 atom stereocenters. The van der Waals surface area contributed by atoms with E-state index in [1.54, 1.807) is 4.90 Å². The molecule has 3 fully saturated rings. The first-order valence-corrected chi connectivity index (χ1v) is 19.1. The number of piperidine rings is 1. The summed E-state index contributed by atoms with van der Waals surface area (Å²) in [5.74, 6) is -1.57. The van der Waals surface area contributed by atoms with E-state index >= 15 is 0 Å². The summed E-state index contributed by atoms with van der Waals surface area (Å²) in [5, 5.41) is 33.1. The fraction of sp³-hybridized carbons (Fsp3) is 0.605. The molecule has 9 nitrogen and oxygen atoms in total. The number of carboxylic acids is 1. The number of benzene rings is 2. The molecule has 1 heterocycles. The molecule has 5 rings (SSSR count). The van der Waals surface area contributed by atoms with Crippen LogP contribution in [-0.4, -0.2) is 68.6 Å². The van der Waals surface area contributed by atoms with Crippen LogP contribution in [0.2, 0.25) is 0 Å². The number of primary amides is 1. The van der Waals surface area contributed by atoms with Gasteiger partial charge in [-0.15, -0.1) is 0 Å². The Hall–Kier alpha value is -2.47. The maximum Gasteiger partial charge on any atom is 0.404 e. The lowest BCUT2D eigenvalue weighted by Crippen LogP contribution is -2.64. The summed E-state index contributed by atoms with van der Waals surface area (Å²) in [7, 11) is 0. The molecule has 2 aromatic carbocycles. The second kappa shape index (κ2) is 16.3. The number of carbonyl (C=O) groups excluding carboxylic acids is 2. The van der Waals surface area contributed by atoms with Gasteiger partial charge in [0.25, 0.3) is 0 Å². The van der Waals surface area contributed by atoms with Gasteiger partial charge in [-0.1, -0.05) is 115 Å². The maximum absolute atomic E-state index is 13.5. The number of halogens is 2. The van der Waals surface area contributed by atoms with E-state index in [4.69, 9.17) is 10.5 Å². The molecule has 3 aliphatic rings. The molecule has 2 unspecified atom stereocenters. The Morgan fingerprint density at radius 1 is 0.857 bits per heavy atom. The molecule has 2 saturated carbocycles. The number of aliphatic carboxylic acids is 1. The number of amides is 2. The van der Waals surface area contributed by atoms with Crippen molar-refractivity contribution in [1.29, 1.82) is 0 Å². The predicted molar refractivity (Wildman–Crippen MR) is 196 cm³/mol. The minimum absolute atomic E-state index is 0.0463. The van der Waals surface area contributed by atoms with Crippen molar-refractivity contribution in [2.24, 2.45) is 11.1 Å². The highest BCUT2D eigenvalue weighted by molar-refractivity contribution is 9.10. The summed E-state index contributed by atoms with van der Waals surface area (Å²) in [5.41, 5.74) is 2.41. The standard InChI is InChI=1S/C20H27BrN2O4.C18H25BrO3/c21-15-6-4-5-14(13-15)17(20(26)9-2-1-3-10-20)18(24)23-11-7-16(8-12-23)27-19(22)25;1-16(2,3)18(15(20)21,13-8-7-9-14(19)12-13)17(22)10-5-4-6-11-17/h4-6,13,16-17,26H,1-3,7-12H2,(H2,22,25);7-9,12,22H,4-6,10-11H2,1-3H3,(H,20,21). The van der Waals surface area contributed by atoms with Gasteiger partial charge in [0.15, 0.2) is 0 Å². The van der Waals surface area contributed by atoms with E-state index in [9.17, 15) is 29.7 Å². The van der Waals surface area contributed by atoms with Crippen LogP contribution in [0.4, 0.5) is 4.79 Å². The van der Waals surface area contributed by atoms with E-state index < -0.39 is 40.0 Å². The van der Waals surface area contributed by atoms with Crippen LogP contribution in [0.3, 0.4) is 0 Å². The van der Waals surface area contributed by atoms with Crippen molar-refractivity contribution in [3.63, 3.8) is 0 Å². The lowest BCUT2D eigenvalue weighted by atomic mass is 9.51. The zero-order chi connectivity index (χ0) is 36.0. The van der Waals surface area contributed by atoms with Crippen molar-refractivity contribution in [2.75, 3.05) is 13.1 Å². The quantitative estimate of drug-likeness (QED) is 0.223. The molecule has 0 aromatic heterocycles. The van der Waals surface area contributed by atoms with Gasteiger partial charge < -0.3 is 30.7 Å². The third kappa shape index (κ3) is 8.71. The van der Waals surface area contributed by atoms with Crippen molar-refractivity contribution in [3.8, 4) is 0 Å². The van der Waals surface area contributed by atoms with Gasteiger partial charge in [-0.2, -0.15) is 0 Å². The van der Waals surface area contributed by atoms with Gasteiger partial charge in [-0.3, -0.25) is 9.59 Å². The minimum Gasteiger partial charge on any atom is -0.480 e. The number of likely N-dealkylation sites (tertiary alicyclic amines) is 1. The second-order valence-corrected chi connectivity index (χ2v) is 16.9. The summed E-state index contributed by atoms with van der Waals surface area (Å²) in [6.45, 7) is 6.73. The van der Waals surface area contributed by atoms with Crippen LogP contribution in [0.5, 0.6) is 0 Å². The Morgan fingerprint density at radius 3 is 1.88 bits per heavy atom. The van der Waals surface area contributed by atoms with Gasteiger partial charge in [0.1, 0.15) is 11.5 Å². The Kier molecular flexibility index (Phi) is 13.0. The summed E-state index contributed by atoms with van der Waals surface area (Å²) in [4.78, 5) is 38.7. The van der Waals surface area contributed by atoms with Crippen LogP contribution in [-0.2, 0) is 19.7 Å². The summed E-state index contributed by atoms with van der Waals surface area (Å²) in [6.07, 6.45) is 8.21. The van der Waals surface area contributed by atoms with Gasteiger partial charge in [0.2, 0.25) is 5.91 Å². The number of hydrogen-bond acceptors (Lipinski definition) is 6. The highest BCUT2D eigenvalue weighted by atomic mass is 79.9. The number of carbonyl (C=O) groups is 3. The first-order valence-electron chi connectivity index (χ1n) is 17.5. The number of nitrogens with two attached hydrogens (primary N) is 1. The van der Waals surface area contributed by atoms with Crippen LogP contribution in [0.25, 0.3) is 0 Å². The molecule has 11 heteroatoms. The second-order valence-electron chi connectivity index (χ2n) is 15.0. The van der Waals surface area contributed by atoms with Crippen molar-refractivity contribution in [1.82, 2.24) is 4.90 Å².